The Morgan fingerprint density at radius 3 is 2.62 bits per heavy atom. The van der Waals surface area contributed by atoms with Crippen molar-refractivity contribution in [1.82, 2.24) is 19.7 Å². The predicted octanol–water partition coefficient (Wildman–Crippen LogP) is 2.88. The molecule has 2 aliphatic rings. The molecule has 2 fully saturated rings. The van der Waals surface area contributed by atoms with Gasteiger partial charge in [0.05, 0.1) is 24.0 Å². The Hall–Kier alpha value is -2.24. The first-order valence-corrected chi connectivity index (χ1v) is 9.59. The van der Waals surface area contributed by atoms with Gasteiger partial charge in [-0.2, -0.15) is 5.10 Å². The Morgan fingerprint density at radius 2 is 1.88 bits per heavy atom. The third kappa shape index (κ3) is 3.37. The van der Waals surface area contributed by atoms with E-state index in [4.69, 9.17) is 0 Å². The van der Waals surface area contributed by atoms with Crippen molar-refractivity contribution < 1.29 is 0 Å². The third-order valence-electron chi connectivity index (χ3n) is 5.34. The van der Waals surface area contributed by atoms with E-state index in [1.165, 1.54) is 12.8 Å². The second-order valence-corrected chi connectivity index (χ2v) is 8.52. The molecule has 1 aliphatic heterocycles. The van der Waals surface area contributed by atoms with Crippen LogP contribution in [0, 0.1) is 0 Å². The SMILES string of the molecule is CC(C)(C)c1ccc(=O)n(CC2CCCN2c2nccnc2C2CC2)n1. The fourth-order valence-electron chi connectivity index (χ4n) is 3.69. The number of anilines is 1. The molecular formula is C20H27N5O. The van der Waals surface area contributed by atoms with Crippen molar-refractivity contribution in [1.29, 1.82) is 0 Å². The van der Waals surface area contributed by atoms with Gasteiger partial charge in [-0.25, -0.2) is 9.67 Å². The van der Waals surface area contributed by atoms with Crippen LogP contribution in [0.3, 0.4) is 0 Å². The summed E-state index contributed by atoms with van der Waals surface area (Å²) in [6, 6.07) is 3.73. The Morgan fingerprint density at radius 1 is 1.12 bits per heavy atom. The third-order valence-corrected chi connectivity index (χ3v) is 5.34. The number of hydrogen-bond donors (Lipinski definition) is 0. The van der Waals surface area contributed by atoms with Crippen LogP contribution in [0.25, 0.3) is 0 Å². The highest BCUT2D eigenvalue weighted by molar-refractivity contribution is 5.48. The van der Waals surface area contributed by atoms with Crippen LogP contribution in [0.5, 0.6) is 0 Å². The Balaban J connectivity index is 1.62. The maximum Gasteiger partial charge on any atom is 0.266 e. The van der Waals surface area contributed by atoms with Gasteiger partial charge < -0.3 is 4.90 Å². The summed E-state index contributed by atoms with van der Waals surface area (Å²) in [5.74, 6) is 1.57. The van der Waals surface area contributed by atoms with Gasteiger partial charge in [-0.05, 0) is 31.7 Å². The van der Waals surface area contributed by atoms with E-state index in [0.717, 1.165) is 36.6 Å². The van der Waals surface area contributed by atoms with Crippen LogP contribution >= 0.6 is 0 Å². The van der Waals surface area contributed by atoms with Gasteiger partial charge in [0.25, 0.3) is 5.56 Å². The average molecular weight is 353 g/mol. The summed E-state index contributed by atoms with van der Waals surface area (Å²) in [5, 5.41) is 4.65. The van der Waals surface area contributed by atoms with Gasteiger partial charge in [-0.3, -0.25) is 9.78 Å². The van der Waals surface area contributed by atoms with Gasteiger partial charge in [-0.1, -0.05) is 20.8 Å². The fourth-order valence-corrected chi connectivity index (χ4v) is 3.69. The highest BCUT2D eigenvalue weighted by Gasteiger charge is 2.34. The molecule has 0 N–H and O–H groups in total. The van der Waals surface area contributed by atoms with E-state index in [1.54, 1.807) is 23.1 Å². The van der Waals surface area contributed by atoms with Crippen LogP contribution in [0.1, 0.15) is 63.8 Å². The average Bonchev–Trinajstić information content (AvgIpc) is 3.35. The van der Waals surface area contributed by atoms with Crippen molar-refractivity contribution in [3.63, 3.8) is 0 Å². The first-order chi connectivity index (χ1) is 12.4. The Labute approximate surface area is 154 Å². The van der Waals surface area contributed by atoms with Gasteiger partial charge >= 0.3 is 0 Å². The van der Waals surface area contributed by atoms with Crippen molar-refractivity contribution in [2.75, 3.05) is 11.4 Å². The zero-order valence-corrected chi connectivity index (χ0v) is 15.9. The molecule has 0 aromatic carbocycles. The lowest BCUT2D eigenvalue weighted by atomic mass is 9.92. The summed E-state index contributed by atoms with van der Waals surface area (Å²) in [4.78, 5) is 24.0. The van der Waals surface area contributed by atoms with Crippen molar-refractivity contribution in [2.45, 2.75) is 70.4 Å². The van der Waals surface area contributed by atoms with Crippen molar-refractivity contribution in [3.8, 4) is 0 Å². The largest absolute Gasteiger partial charge is 0.350 e. The number of aromatic nitrogens is 4. The van der Waals surface area contributed by atoms with Crippen LogP contribution in [-0.2, 0) is 12.0 Å². The zero-order valence-electron chi connectivity index (χ0n) is 15.9. The molecule has 1 saturated carbocycles. The summed E-state index contributed by atoms with van der Waals surface area (Å²) in [5.41, 5.74) is 1.96. The highest BCUT2D eigenvalue weighted by Crippen LogP contribution is 2.43. The Bertz CT molecular complexity index is 850. The maximum atomic E-state index is 12.4. The molecule has 1 aliphatic carbocycles. The van der Waals surface area contributed by atoms with Crippen LogP contribution in [0.2, 0.25) is 0 Å². The second-order valence-electron chi connectivity index (χ2n) is 8.52. The highest BCUT2D eigenvalue weighted by atomic mass is 16.1. The quantitative estimate of drug-likeness (QED) is 0.846. The minimum Gasteiger partial charge on any atom is -0.350 e. The summed E-state index contributed by atoms with van der Waals surface area (Å²) < 4.78 is 1.64. The number of nitrogens with zero attached hydrogens (tertiary/aromatic N) is 5. The predicted molar refractivity (Wildman–Crippen MR) is 102 cm³/mol. The Kier molecular flexibility index (Phi) is 4.29. The molecule has 1 unspecified atom stereocenters. The van der Waals surface area contributed by atoms with Crippen LogP contribution in [0.15, 0.2) is 29.3 Å². The molecule has 138 valence electrons. The zero-order chi connectivity index (χ0) is 18.3. The van der Waals surface area contributed by atoms with Gasteiger partial charge in [-0.15, -0.1) is 0 Å². The van der Waals surface area contributed by atoms with E-state index in [2.05, 4.69) is 40.7 Å². The summed E-state index contributed by atoms with van der Waals surface area (Å²) in [6.45, 7) is 7.93. The van der Waals surface area contributed by atoms with Crippen molar-refractivity contribution in [3.05, 3.63) is 46.3 Å². The maximum absolute atomic E-state index is 12.4. The second kappa shape index (κ2) is 6.49. The van der Waals surface area contributed by atoms with Crippen LogP contribution in [-0.4, -0.2) is 32.3 Å². The van der Waals surface area contributed by atoms with Gasteiger partial charge in [0.1, 0.15) is 0 Å². The van der Waals surface area contributed by atoms with Crippen LogP contribution in [0.4, 0.5) is 5.82 Å². The molecule has 3 heterocycles. The molecule has 2 aromatic heterocycles. The van der Waals surface area contributed by atoms with E-state index in [0.29, 0.717) is 12.5 Å². The monoisotopic (exact) mass is 353 g/mol. The molecule has 1 saturated heterocycles. The molecule has 0 spiro atoms. The molecule has 1 atom stereocenters. The lowest BCUT2D eigenvalue weighted by Gasteiger charge is -2.28. The molecule has 0 radical (unpaired) electrons. The standard InChI is InChI=1S/C20H27N5O/c1-20(2,3)16-8-9-17(26)25(23-16)13-15-5-4-12-24(15)19-18(14-6-7-14)21-10-11-22-19/h8-11,14-15H,4-7,12-13H2,1-3H3. The number of hydrogen-bond acceptors (Lipinski definition) is 5. The van der Waals surface area contributed by atoms with Gasteiger partial charge in [0.15, 0.2) is 5.82 Å². The van der Waals surface area contributed by atoms with Crippen molar-refractivity contribution in [2.24, 2.45) is 0 Å². The molecule has 0 bridgehead atoms. The van der Waals surface area contributed by atoms with E-state index in [9.17, 15) is 4.79 Å². The van der Waals surface area contributed by atoms with E-state index < -0.39 is 0 Å². The normalized spacial score (nSPS) is 20.6. The van der Waals surface area contributed by atoms with E-state index >= 15 is 0 Å². The van der Waals surface area contributed by atoms with Crippen LogP contribution < -0.4 is 10.5 Å². The molecular weight excluding hydrogens is 326 g/mol. The molecule has 4 rings (SSSR count). The van der Waals surface area contributed by atoms with Crippen molar-refractivity contribution >= 4 is 5.82 Å². The fraction of sp³-hybridized carbons (Fsp3) is 0.600. The summed E-state index contributed by atoms with van der Waals surface area (Å²) in [7, 11) is 0. The smallest absolute Gasteiger partial charge is 0.266 e. The molecule has 2 aromatic rings. The lowest BCUT2D eigenvalue weighted by molar-refractivity contribution is 0.456. The molecule has 0 amide bonds. The first-order valence-electron chi connectivity index (χ1n) is 9.59. The van der Waals surface area contributed by atoms with Gasteiger partial charge in [0, 0.05) is 36.3 Å². The summed E-state index contributed by atoms with van der Waals surface area (Å²) >= 11 is 0. The van der Waals surface area contributed by atoms with E-state index in [-0.39, 0.29) is 17.0 Å². The number of rotatable bonds is 4. The lowest BCUT2D eigenvalue weighted by Crippen LogP contribution is -2.38. The van der Waals surface area contributed by atoms with Gasteiger partial charge in [0.2, 0.25) is 0 Å². The molecule has 6 nitrogen and oxygen atoms in total. The topological polar surface area (TPSA) is 63.9 Å². The van der Waals surface area contributed by atoms with E-state index in [1.807, 2.05) is 6.07 Å². The first kappa shape index (κ1) is 17.2. The molecule has 26 heavy (non-hydrogen) atoms. The minimum atomic E-state index is -0.0745. The summed E-state index contributed by atoms with van der Waals surface area (Å²) in [6.07, 6.45) is 8.15. The molecule has 6 heteroatoms. The minimum absolute atomic E-state index is 0.0357.